The van der Waals surface area contributed by atoms with E-state index in [0.717, 1.165) is 13.0 Å². The molecule has 2 unspecified atom stereocenters. The summed E-state index contributed by atoms with van der Waals surface area (Å²) in [6.45, 7) is 7.35. The van der Waals surface area contributed by atoms with Crippen LogP contribution in [-0.4, -0.2) is 12.7 Å². The molecule has 0 spiro atoms. The van der Waals surface area contributed by atoms with Crippen molar-refractivity contribution in [3.63, 3.8) is 0 Å². The van der Waals surface area contributed by atoms with Crippen molar-refractivity contribution in [3.8, 4) is 0 Å². The zero-order chi connectivity index (χ0) is 7.28. The fourth-order valence-electron chi connectivity index (χ4n) is 0.691. The third-order valence-electron chi connectivity index (χ3n) is 1.70. The summed E-state index contributed by atoms with van der Waals surface area (Å²) in [6.07, 6.45) is 1.33. The molecule has 0 aromatic carbocycles. The van der Waals surface area contributed by atoms with Gasteiger partial charge in [-0.1, -0.05) is 27.2 Å². The highest BCUT2D eigenvalue weighted by Crippen LogP contribution is 2.01. The van der Waals surface area contributed by atoms with Gasteiger partial charge in [0.15, 0.2) is 0 Å². The van der Waals surface area contributed by atoms with E-state index < -0.39 is 0 Å². The van der Waals surface area contributed by atoms with Gasteiger partial charge in [-0.3, -0.25) is 0 Å². The monoisotopic (exact) mass is 130 g/mol. The lowest BCUT2D eigenvalue weighted by atomic mass is 10.1. The second-order valence-corrected chi connectivity index (χ2v) is 2.47. The van der Waals surface area contributed by atoms with Crippen molar-refractivity contribution in [3.05, 3.63) is 0 Å². The van der Waals surface area contributed by atoms with E-state index >= 15 is 0 Å². The molecule has 0 rings (SSSR count). The molecule has 2 nitrogen and oxygen atoms in total. The molecule has 0 saturated carbocycles. The van der Waals surface area contributed by atoms with Crippen molar-refractivity contribution in [1.29, 1.82) is 0 Å². The second-order valence-electron chi connectivity index (χ2n) is 2.47. The number of nitrogens with two attached hydrogens (primary N) is 1. The number of rotatable bonds is 4. The summed E-state index contributed by atoms with van der Waals surface area (Å²) in [4.78, 5) is 0. The first-order chi connectivity index (χ1) is 4.22. The molecule has 0 aliphatic carbocycles. The van der Waals surface area contributed by atoms with Crippen LogP contribution in [0.15, 0.2) is 0 Å². The molecule has 0 aromatic heterocycles. The van der Waals surface area contributed by atoms with Gasteiger partial charge in [0, 0.05) is 0 Å². The highest BCUT2D eigenvalue weighted by molar-refractivity contribution is 4.63. The van der Waals surface area contributed by atoms with Gasteiger partial charge in [-0.25, -0.2) is 0 Å². The van der Waals surface area contributed by atoms with Gasteiger partial charge >= 0.3 is 0 Å². The van der Waals surface area contributed by atoms with E-state index in [1.54, 1.807) is 0 Å². The Labute approximate surface area is 57.8 Å². The summed E-state index contributed by atoms with van der Waals surface area (Å²) in [5, 5.41) is 3.17. The maximum atomic E-state index is 5.73. The molecular weight excluding hydrogens is 112 g/mol. The first-order valence-electron chi connectivity index (χ1n) is 3.71. The van der Waals surface area contributed by atoms with Gasteiger partial charge in [0.1, 0.15) is 0 Å². The smallest absolute Gasteiger partial charge is 0.0572 e. The quantitative estimate of drug-likeness (QED) is 0.555. The van der Waals surface area contributed by atoms with Crippen LogP contribution >= 0.6 is 0 Å². The van der Waals surface area contributed by atoms with Crippen LogP contribution in [0.25, 0.3) is 0 Å². The predicted octanol–water partition coefficient (Wildman–Crippen LogP) is 0.927. The van der Waals surface area contributed by atoms with Crippen LogP contribution in [0.4, 0.5) is 0 Å². The molecule has 2 heteroatoms. The zero-order valence-corrected chi connectivity index (χ0v) is 6.65. The minimum atomic E-state index is 0.181. The Bertz CT molecular complexity index is 63.9. The van der Waals surface area contributed by atoms with Crippen molar-refractivity contribution < 1.29 is 0 Å². The van der Waals surface area contributed by atoms with Crippen molar-refractivity contribution in [2.24, 2.45) is 11.7 Å². The summed E-state index contributed by atoms with van der Waals surface area (Å²) in [5.74, 6) is 0.588. The fourth-order valence-corrected chi connectivity index (χ4v) is 0.691. The summed E-state index contributed by atoms with van der Waals surface area (Å²) in [7, 11) is 0. The van der Waals surface area contributed by atoms with E-state index in [1.807, 2.05) is 0 Å². The van der Waals surface area contributed by atoms with Crippen LogP contribution in [0.5, 0.6) is 0 Å². The lowest BCUT2D eigenvalue weighted by molar-refractivity contribution is 0.383. The van der Waals surface area contributed by atoms with Gasteiger partial charge in [-0.2, -0.15) is 0 Å². The van der Waals surface area contributed by atoms with Gasteiger partial charge in [-0.05, 0) is 12.5 Å². The molecule has 0 saturated heterocycles. The van der Waals surface area contributed by atoms with E-state index in [2.05, 4.69) is 26.1 Å². The maximum absolute atomic E-state index is 5.73. The average molecular weight is 130 g/mol. The Morgan fingerprint density at radius 3 is 2.33 bits per heavy atom. The molecule has 0 bridgehead atoms. The summed E-state index contributed by atoms with van der Waals surface area (Å²) < 4.78 is 0. The topological polar surface area (TPSA) is 38.0 Å². The average Bonchev–Trinajstić information content (AvgIpc) is 1.87. The Balaban J connectivity index is 3.32. The summed E-state index contributed by atoms with van der Waals surface area (Å²) >= 11 is 0. The van der Waals surface area contributed by atoms with Gasteiger partial charge in [0.25, 0.3) is 0 Å². The third kappa shape index (κ3) is 3.49. The molecule has 2 atom stereocenters. The molecule has 0 radical (unpaired) electrons. The van der Waals surface area contributed by atoms with Gasteiger partial charge in [-0.15, -0.1) is 0 Å². The Kier molecular flexibility index (Phi) is 4.72. The maximum Gasteiger partial charge on any atom is 0.0572 e. The first-order valence-corrected chi connectivity index (χ1v) is 3.71. The van der Waals surface area contributed by atoms with Crippen LogP contribution in [0.1, 0.15) is 27.2 Å². The van der Waals surface area contributed by atoms with E-state index in [1.165, 1.54) is 0 Å². The van der Waals surface area contributed by atoms with Crippen molar-refractivity contribution in [2.45, 2.75) is 33.4 Å². The normalized spacial score (nSPS) is 17.3. The number of hydrogen-bond acceptors (Lipinski definition) is 2. The second kappa shape index (κ2) is 4.77. The summed E-state index contributed by atoms with van der Waals surface area (Å²) in [6, 6.07) is 0. The minimum Gasteiger partial charge on any atom is -0.316 e. The highest BCUT2D eigenvalue weighted by Gasteiger charge is 2.06. The van der Waals surface area contributed by atoms with Gasteiger partial charge < -0.3 is 11.1 Å². The lowest BCUT2D eigenvalue weighted by Gasteiger charge is -2.18. The Hall–Kier alpha value is -0.0800. The fraction of sp³-hybridized carbons (Fsp3) is 1.00. The lowest BCUT2D eigenvalue weighted by Crippen LogP contribution is -2.42. The van der Waals surface area contributed by atoms with Crippen molar-refractivity contribution >= 4 is 0 Å². The molecule has 9 heavy (non-hydrogen) atoms. The molecular formula is C7H18N2. The molecule has 0 aliphatic heterocycles. The molecule has 0 fully saturated rings. The predicted molar refractivity (Wildman–Crippen MR) is 41.1 cm³/mol. The van der Waals surface area contributed by atoms with Gasteiger partial charge in [0.2, 0.25) is 0 Å². The van der Waals surface area contributed by atoms with Crippen LogP contribution < -0.4 is 11.1 Å². The van der Waals surface area contributed by atoms with Crippen LogP contribution in [0, 0.1) is 5.92 Å². The van der Waals surface area contributed by atoms with Crippen molar-refractivity contribution in [2.75, 3.05) is 6.54 Å². The van der Waals surface area contributed by atoms with E-state index in [9.17, 15) is 0 Å². The number of hydrogen-bond donors (Lipinski definition) is 2. The molecule has 56 valence electrons. The Morgan fingerprint density at radius 2 is 2.00 bits per heavy atom. The molecule has 0 heterocycles. The standard InChI is InChI=1S/C7H18N2/c1-4-6(3)7(8)9-5-2/h6-7,9H,4-5,8H2,1-3H3. The number of nitrogens with one attached hydrogen (secondary N) is 1. The molecule has 0 aromatic rings. The summed E-state index contributed by atoms with van der Waals surface area (Å²) in [5.41, 5.74) is 5.73. The molecule has 0 aliphatic rings. The van der Waals surface area contributed by atoms with Crippen molar-refractivity contribution in [1.82, 2.24) is 5.32 Å². The zero-order valence-electron chi connectivity index (χ0n) is 6.65. The van der Waals surface area contributed by atoms with E-state index in [0.29, 0.717) is 5.92 Å². The minimum absolute atomic E-state index is 0.181. The van der Waals surface area contributed by atoms with Crippen LogP contribution in [0.3, 0.4) is 0 Å². The van der Waals surface area contributed by atoms with E-state index in [-0.39, 0.29) is 6.17 Å². The SMILES string of the molecule is CCNC(N)C(C)CC. The molecule has 0 amide bonds. The van der Waals surface area contributed by atoms with Gasteiger partial charge in [0.05, 0.1) is 6.17 Å². The van der Waals surface area contributed by atoms with Crippen LogP contribution in [-0.2, 0) is 0 Å². The first kappa shape index (κ1) is 8.92. The third-order valence-corrected chi connectivity index (χ3v) is 1.70. The molecule has 3 N–H and O–H groups in total. The Morgan fingerprint density at radius 1 is 1.44 bits per heavy atom. The highest BCUT2D eigenvalue weighted by atomic mass is 15.0. The van der Waals surface area contributed by atoms with Crippen LogP contribution in [0.2, 0.25) is 0 Å². The van der Waals surface area contributed by atoms with E-state index in [4.69, 9.17) is 5.73 Å². The largest absolute Gasteiger partial charge is 0.316 e.